The van der Waals surface area contributed by atoms with E-state index in [9.17, 15) is 0 Å². The van der Waals surface area contributed by atoms with E-state index in [1.54, 1.807) is 18.3 Å². The van der Waals surface area contributed by atoms with Gasteiger partial charge in [0, 0.05) is 0 Å². The van der Waals surface area contributed by atoms with Crippen molar-refractivity contribution in [1.29, 1.82) is 0 Å². The summed E-state index contributed by atoms with van der Waals surface area (Å²) in [6.07, 6.45) is 1.59. The molecule has 2 aromatic heterocycles. The summed E-state index contributed by atoms with van der Waals surface area (Å²) >= 11 is 3.20. The molecule has 0 bridgehead atoms. The lowest BCUT2D eigenvalue weighted by atomic mass is 10.4. The Hall–Kier alpha value is -1.07. The predicted molar refractivity (Wildman–Crippen MR) is 49.8 cm³/mol. The summed E-state index contributed by atoms with van der Waals surface area (Å²) in [6.45, 7) is 0.294. The second kappa shape index (κ2) is 3.35. The molecule has 2 rings (SSSR count). The molecule has 0 amide bonds. The zero-order valence-electron chi connectivity index (χ0n) is 6.66. The SMILES string of the molecule is NCc1ncc(-c2ccc(Br)o2)o1. The van der Waals surface area contributed by atoms with E-state index in [4.69, 9.17) is 14.6 Å². The monoisotopic (exact) mass is 242 g/mol. The van der Waals surface area contributed by atoms with E-state index in [-0.39, 0.29) is 0 Å². The van der Waals surface area contributed by atoms with Gasteiger partial charge >= 0.3 is 0 Å². The van der Waals surface area contributed by atoms with Crippen molar-refractivity contribution in [2.24, 2.45) is 5.73 Å². The lowest BCUT2D eigenvalue weighted by Crippen LogP contribution is -1.94. The van der Waals surface area contributed by atoms with Crippen LogP contribution >= 0.6 is 15.9 Å². The molecule has 5 heteroatoms. The van der Waals surface area contributed by atoms with E-state index >= 15 is 0 Å². The summed E-state index contributed by atoms with van der Waals surface area (Å²) < 4.78 is 11.2. The number of aromatic nitrogens is 1. The van der Waals surface area contributed by atoms with E-state index in [1.807, 2.05) is 0 Å². The Morgan fingerprint density at radius 3 is 2.69 bits per heavy atom. The minimum absolute atomic E-state index is 0.294. The van der Waals surface area contributed by atoms with Gasteiger partial charge in [-0.1, -0.05) is 0 Å². The maximum Gasteiger partial charge on any atom is 0.208 e. The van der Waals surface area contributed by atoms with Crippen LogP contribution in [-0.4, -0.2) is 4.98 Å². The average Bonchev–Trinajstić information content (AvgIpc) is 2.71. The van der Waals surface area contributed by atoms with Gasteiger partial charge in [0.1, 0.15) is 0 Å². The number of nitrogens with two attached hydrogens (primary N) is 1. The molecule has 0 radical (unpaired) electrons. The van der Waals surface area contributed by atoms with Crippen molar-refractivity contribution >= 4 is 15.9 Å². The van der Waals surface area contributed by atoms with Crippen LogP contribution in [0.3, 0.4) is 0 Å². The molecule has 0 spiro atoms. The minimum Gasteiger partial charge on any atom is -0.446 e. The zero-order chi connectivity index (χ0) is 9.26. The molecule has 13 heavy (non-hydrogen) atoms. The largest absolute Gasteiger partial charge is 0.446 e. The predicted octanol–water partition coefficient (Wildman–Crippen LogP) is 2.16. The molecule has 2 heterocycles. The summed E-state index contributed by atoms with van der Waals surface area (Å²) in [6, 6.07) is 3.59. The molecule has 2 N–H and O–H groups in total. The Kier molecular flexibility index (Phi) is 2.20. The van der Waals surface area contributed by atoms with Crippen LogP contribution in [0.15, 0.2) is 31.8 Å². The van der Waals surface area contributed by atoms with Gasteiger partial charge in [0.05, 0.1) is 12.7 Å². The molecule has 0 atom stereocenters. The number of oxazole rings is 1. The molecule has 0 fully saturated rings. The highest BCUT2D eigenvalue weighted by Crippen LogP contribution is 2.25. The molecule has 68 valence electrons. The Morgan fingerprint density at radius 2 is 2.15 bits per heavy atom. The van der Waals surface area contributed by atoms with Crippen LogP contribution in [0.25, 0.3) is 11.5 Å². The quantitative estimate of drug-likeness (QED) is 0.877. The fourth-order valence-electron chi connectivity index (χ4n) is 0.965. The molecule has 0 saturated carbocycles. The summed E-state index contributed by atoms with van der Waals surface area (Å²) in [4.78, 5) is 3.95. The Bertz CT molecular complexity index is 408. The Labute approximate surface area is 82.9 Å². The zero-order valence-corrected chi connectivity index (χ0v) is 8.24. The molecule has 0 saturated heterocycles. The van der Waals surface area contributed by atoms with E-state index in [1.165, 1.54) is 0 Å². The summed E-state index contributed by atoms with van der Waals surface area (Å²) in [5, 5.41) is 0. The fraction of sp³-hybridized carbons (Fsp3) is 0.125. The number of furan rings is 1. The van der Waals surface area contributed by atoms with Crippen molar-refractivity contribution in [3.05, 3.63) is 28.9 Å². The maximum atomic E-state index is 5.35. The van der Waals surface area contributed by atoms with Crippen molar-refractivity contribution in [1.82, 2.24) is 4.98 Å². The molecule has 0 aromatic carbocycles. The highest BCUT2D eigenvalue weighted by molar-refractivity contribution is 9.10. The number of nitrogens with zero attached hydrogens (tertiary/aromatic N) is 1. The molecule has 4 nitrogen and oxygen atoms in total. The van der Waals surface area contributed by atoms with Gasteiger partial charge < -0.3 is 14.6 Å². The van der Waals surface area contributed by atoms with Gasteiger partial charge in [-0.15, -0.1) is 0 Å². The first-order chi connectivity index (χ1) is 6.29. The minimum atomic E-state index is 0.294. The molecule has 2 aromatic rings. The number of hydrogen-bond donors (Lipinski definition) is 1. The summed E-state index contributed by atoms with van der Waals surface area (Å²) in [5.41, 5.74) is 5.35. The molecule has 0 aliphatic rings. The van der Waals surface area contributed by atoms with Gasteiger partial charge in [-0.25, -0.2) is 4.98 Å². The van der Waals surface area contributed by atoms with Crippen molar-refractivity contribution in [2.45, 2.75) is 6.54 Å². The standard InChI is InChI=1S/C8H7BrN2O2/c9-7-2-1-5(12-7)6-4-11-8(3-10)13-6/h1-2,4H,3,10H2. The molecular weight excluding hydrogens is 236 g/mol. The van der Waals surface area contributed by atoms with Crippen LogP contribution in [0, 0.1) is 0 Å². The van der Waals surface area contributed by atoms with Gasteiger partial charge in [-0.2, -0.15) is 0 Å². The highest BCUT2D eigenvalue weighted by atomic mass is 79.9. The van der Waals surface area contributed by atoms with Crippen molar-refractivity contribution < 1.29 is 8.83 Å². The summed E-state index contributed by atoms with van der Waals surface area (Å²) in [5.74, 6) is 1.73. The number of halogens is 1. The average molecular weight is 243 g/mol. The second-order valence-corrected chi connectivity index (χ2v) is 3.21. The lowest BCUT2D eigenvalue weighted by Gasteiger charge is -1.87. The third-order valence-electron chi connectivity index (χ3n) is 1.54. The van der Waals surface area contributed by atoms with Crippen LogP contribution in [0.4, 0.5) is 0 Å². The van der Waals surface area contributed by atoms with Crippen LogP contribution in [0.2, 0.25) is 0 Å². The van der Waals surface area contributed by atoms with Crippen LogP contribution in [0.5, 0.6) is 0 Å². The van der Waals surface area contributed by atoms with Gasteiger partial charge in [0.2, 0.25) is 5.89 Å². The van der Waals surface area contributed by atoms with Crippen LogP contribution in [0.1, 0.15) is 5.89 Å². The maximum absolute atomic E-state index is 5.35. The third-order valence-corrected chi connectivity index (χ3v) is 1.97. The summed E-state index contributed by atoms with van der Waals surface area (Å²) in [7, 11) is 0. The van der Waals surface area contributed by atoms with Crippen LogP contribution in [-0.2, 0) is 6.54 Å². The molecule has 0 aliphatic carbocycles. The van der Waals surface area contributed by atoms with Gasteiger partial charge in [-0.05, 0) is 28.1 Å². The van der Waals surface area contributed by atoms with Gasteiger partial charge in [0.15, 0.2) is 16.2 Å². The first kappa shape index (κ1) is 8.52. The second-order valence-electron chi connectivity index (χ2n) is 2.43. The fourth-order valence-corrected chi connectivity index (χ4v) is 1.27. The molecule has 0 aliphatic heterocycles. The van der Waals surface area contributed by atoms with E-state index in [2.05, 4.69) is 20.9 Å². The lowest BCUT2D eigenvalue weighted by molar-refractivity contribution is 0.478. The van der Waals surface area contributed by atoms with E-state index in [0.29, 0.717) is 28.6 Å². The number of rotatable bonds is 2. The molecular formula is C8H7BrN2O2. The highest BCUT2D eigenvalue weighted by Gasteiger charge is 2.08. The van der Waals surface area contributed by atoms with Crippen molar-refractivity contribution in [3.63, 3.8) is 0 Å². The van der Waals surface area contributed by atoms with Gasteiger partial charge in [-0.3, -0.25) is 0 Å². The smallest absolute Gasteiger partial charge is 0.208 e. The van der Waals surface area contributed by atoms with Gasteiger partial charge in [0.25, 0.3) is 0 Å². The number of hydrogen-bond acceptors (Lipinski definition) is 4. The van der Waals surface area contributed by atoms with E-state index in [0.717, 1.165) is 0 Å². The Morgan fingerprint density at radius 1 is 1.31 bits per heavy atom. The molecule has 0 unspecified atom stereocenters. The first-order valence-corrected chi connectivity index (χ1v) is 4.49. The Balaban J connectivity index is 2.35. The van der Waals surface area contributed by atoms with E-state index < -0.39 is 0 Å². The normalized spacial score (nSPS) is 10.6. The first-order valence-electron chi connectivity index (χ1n) is 3.70. The van der Waals surface area contributed by atoms with Crippen LogP contribution < -0.4 is 5.73 Å². The van der Waals surface area contributed by atoms with Crippen molar-refractivity contribution in [3.8, 4) is 11.5 Å². The third kappa shape index (κ3) is 1.66. The topological polar surface area (TPSA) is 65.2 Å². The van der Waals surface area contributed by atoms with Crippen molar-refractivity contribution in [2.75, 3.05) is 0 Å².